The van der Waals surface area contributed by atoms with E-state index in [4.69, 9.17) is 10.5 Å². The molecule has 0 amide bonds. The normalized spacial score (nSPS) is 31.1. The molecular formula is C8H17NOS. The van der Waals surface area contributed by atoms with E-state index < -0.39 is 0 Å². The minimum Gasteiger partial charge on any atom is -0.374 e. The van der Waals surface area contributed by atoms with Crippen LogP contribution in [0.3, 0.4) is 0 Å². The molecule has 0 aromatic rings. The van der Waals surface area contributed by atoms with Crippen LogP contribution in [0.4, 0.5) is 0 Å². The van der Waals surface area contributed by atoms with Gasteiger partial charge in [-0.05, 0) is 19.8 Å². The first kappa shape index (κ1) is 9.36. The first-order chi connectivity index (χ1) is 5.33. The summed E-state index contributed by atoms with van der Waals surface area (Å²) in [6.07, 6.45) is 3.45. The van der Waals surface area contributed by atoms with E-state index in [1.165, 1.54) is 12.8 Å². The standard InChI is InChI=1S/C8H17NOS/c1-7-2-3-8(10-7)6-11-5-4-9/h7-8H,2-6,9H2,1H3. The van der Waals surface area contributed by atoms with Gasteiger partial charge >= 0.3 is 0 Å². The highest BCUT2D eigenvalue weighted by molar-refractivity contribution is 7.99. The molecule has 66 valence electrons. The fourth-order valence-electron chi connectivity index (χ4n) is 1.31. The van der Waals surface area contributed by atoms with Crippen LogP contribution in [0.1, 0.15) is 19.8 Å². The second-order valence-corrected chi connectivity index (χ2v) is 4.16. The van der Waals surface area contributed by atoms with E-state index in [0.29, 0.717) is 12.2 Å². The number of hydrogen-bond donors (Lipinski definition) is 1. The summed E-state index contributed by atoms with van der Waals surface area (Å²) in [6, 6.07) is 0. The van der Waals surface area contributed by atoms with Crippen molar-refractivity contribution in [3.8, 4) is 0 Å². The van der Waals surface area contributed by atoms with Crippen molar-refractivity contribution >= 4 is 11.8 Å². The van der Waals surface area contributed by atoms with E-state index in [2.05, 4.69) is 6.92 Å². The van der Waals surface area contributed by atoms with Crippen LogP contribution in [0.25, 0.3) is 0 Å². The summed E-state index contributed by atoms with van der Waals surface area (Å²) >= 11 is 1.90. The van der Waals surface area contributed by atoms with E-state index in [1.54, 1.807) is 0 Å². The number of rotatable bonds is 4. The molecule has 1 heterocycles. The molecule has 1 rings (SSSR count). The average Bonchev–Trinajstić information content (AvgIpc) is 2.37. The Morgan fingerprint density at radius 3 is 2.91 bits per heavy atom. The fraction of sp³-hybridized carbons (Fsp3) is 1.00. The van der Waals surface area contributed by atoms with Crippen LogP contribution < -0.4 is 5.73 Å². The van der Waals surface area contributed by atoms with Gasteiger partial charge in [0, 0.05) is 18.1 Å². The van der Waals surface area contributed by atoms with E-state index in [0.717, 1.165) is 18.1 Å². The zero-order valence-corrected chi connectivity index (χ0v) is 7.90. The van der Waals surface area contributed by atoms with Gasteiger partial charge in [-0.15, -0.1) is 0 Å². The Bertz CT molecular complexity index is 110. The zero-order valence-electron chi connectivity index (χ0n) is 7.08. The molecule has 0 saturated carbocycles. The number of nitrogens with two attached hydrogens (primary N) is 1. The van der Waals surface area contributed by atoms with Crippen LogP contribution in [0, 0.1) is 0 Å². The summed E-state index contributed by atoms with van der Waals surface area (Å²) in [5.41, 5.74) is 5.38. The van der Waals surface area contributed by atoms with Crippen molar-refractivity contribution in [3.05, 3.63) is 0 Å². The molecule has 0 spiro atoms. The SMILES string of the molecule is CC1CCC(CSCCN)O1. The molecule has 2 N–H and O–H groups in total. The quantitative estimate of drug-likeness (QED) is 0.653. The van der Waals surface area contributed by atoms with Crippen molar-refractivity contribution < 1.29 is 4.74 Å². The van der Waals surface area contributed by atoms with Crippen LogP contribution >= 0.6 is 11.8 Å². The largest absolute Gasteiger partial charge is 0.374 e. The van der Waals surface area contributed by atoms with Gasteiger partial charge in [-0.3, -0.25) is 0 Å². The molecular weight excluding hydrogens is 158 g/mol. The van der Waals surface area contributed by atoms with E-state index in [1.807, 2.05) is 11.8 Å². The molecule has 0 aliphatic carbocycles. The van der Waals surface area contributed by atoms with Crippen molar-refractivity contribution in [2.24, 2.45) is 5.73 Å². The van der Waals surface area contributed by atoms with Crippen molar-refractivity contribution in [3.63, 3.8) is 0 Å². The lowest BCUT2D eigenvalue weighted by atomic mass is 10.2. The van der Waals surface area contributed by atoms with Crippen molar-refractivity contribution in [1.82, 2.24) is 0 Å². The molecule has 11 heavy (non-hydrogen) atoms. The Morgan fingerprint density at radius 2 is 2.36 bits per heavy atom. The molecule has 2 nitrogen and oxygen atoms in total. The summed E-state index contributed by atoms with van der Waals surface area (Å²) in [5.74, 6) is 2.19. The average molecular weight is 175 g/mol. The number of hydrogen-bond acceptors (Lipinski definition) is 3. The van der Waals surface area contributed by atoms with Crippen LogP contribution in [0.15, 0.2) is 0 Å². The molecule has 1 aliphatic heterocycles. The molecule has 3 heteroatoms. The Kier molecular flexibility index (Phi) is 4.26. The third-order valence-corrected chi connectivity index (χ3v) is 3.02. The van der Waals surface area contributed by atoms with Gasteiger partial charge in [0.2, 0.25) is 0 Å². The molecule has 0 aromatic heterocycles. The Labute approximate surface area is 72.9 Å². The van der Waals surface area contributed by atoms with Gasteiger partial charge in [-0.2, -0.15) is 11.8 Å². The number of ether oxygens (including phenoxy) is 1. The topological polar surface area (TPSA) is 35.2 Å². The highest BCUT2D eigenvalue weighted by atomic mass is 32.2. The molecule has 1 aliphatic rings. The van der Waals surface area contributed by atoms with E-state index in [-0.39, 0.29) is 0 Å². The van der Waals surface area contributed by atoms with E-state index in [9.17, 15) is 0 Å². The lowest BCUT2D eigenvalue weighted by Crippen LogP contribution is -2.12. The summed E-state index contributed by atoms with van der Waals surface area (Å²) in [7, 11) is 0. The number of thioether (sulfide) groups is 1. The molecule has 0 aromatic carbocycles. The smallest absolute Gasteiger partial charge is 0.0670 e. The summed E-state index contributed by atoms with van der Waals surface area (Å²) in [6.45, 7) is 2.93. The van der Waals surface area contributed by atoms with Crippen molar-refractivity contribution in [1.29, 1.82) is 0 Å². The highest BCUT2D eigenvalue weighted by Gasteiger charge is 2.20. The van der Waals surface area contributed by atoms with Gasteiger partial charge in [0.15, 0.2) is 0 Å². The predicted octanol–water partition coefficient (Wildman–Crippen LogP) is 1.25. The molecule has 0 radical (unpaired) electrons. The highest BCUT2D eigenvalue weighted by Crippen LogP contribution is 2.21. The maximum atomic E-state index is 5.65. The molecule has 2 atom stereocenters. The second kappa shape index (κ2) is 5.01. The summed E-state index contributed by atoms with van der Waals surface area (Å²) in [5, 5.41) is 0. The van der Waals surface area contributed by atoms with Crippen LogP contribution in [-0.4, -0.2) is 30.3 Å². The molecule has 0 bridgehead atoms. The molecule has 1 saturated heterocycles. The van der Waals surface area contributed by atoms with Gasteiger partial charge in [-0.25, -0.2) is 0 Å². The van der Waals surface area contributed by atoms with Crippen LogP contribution in [0.2, 0.25) is 0 Å². The first-order valence-electron chi connectivity index (χ1n) is 4.26. The lowest BCUT2D eigenvalue weighted by molar-refractivity contribution is 0.0700. The third-order valence-electron chi connectivity index (χ3n) is 1.89. The molecule has 2 unspecified atom stereocenters. The maximum absolute atomic E-state index is 5.65. The van der Waals surface area contributed by atoms with Gasteiger partial charge in [0.1, 0.15) is 0 Å². The van der Waals surface area contributed by atoms with Gasteiger partial charge in [-0.1, -0.05) is 0 Å². The summed E-state index contributed by atoms with van der Waals surface area (Å²) in [4.78, 5) is 0. The minimum absolute atomic E-state index is 0.485. The van der Waals surface area contributed by atoms with Crippen molar-refractivity contribution in [2.75, 3.05) is 18.1 Å². The fourth-order valence-corrected chi connectivity index (χ4v) is 2.15. The van der Waals surface area contributed by atoms with Gasteiger partial charge < -0.3 is 10.5 Å². The summed E-state index contributed by atoms with van der Waals surface area (Å²) < 4.78 is 5.65. The van der Waals surface area contributed by atoms with Crippen molar-refractivity contribution in [2.45, 2.75) is 32.0 Å². The zero-order chi connectivity index (χ0) is 8.10. The van der Waals surface area contributed by atoms with Gasteiger partial charge in [0.25, 0.3) is 0 Å². The Hall–Kier alpha value is 0.270. The van der Waals surface area contributed by atoms with E-state index >= 15 is 0 Å². The molecule has 1 fully saturated rings. The van der Waals surface area contributed by atoms with Crippen LogP contribution in [-0.2, 0) is 4.74 Å². The first-order valence-corrected chi connectivity index (χ1v) is 5.41. The monoisotopic (exact) mass is 175 g/mol. The maximum Gasteiger partial charge on any atom is 0.0670 e. The lowest BCUT2D eigenvalue weighted by Gasteiger charge is -2.09. The third kappa shape index (κ3) is 3.45. The predicted molar refractivity (Wildman–Crippen MR) is 49.9 cm³/mol. The van der Waals surface area contributed by atoms with Crippen LogP contribution in [0.5, 0.6) is 0 Å². The Balaban J connectivity index is 1.99. The Morgan fingerprint density at radius 1 is 1.55 bits per heavy atom. The van der Waals surface area contributed by atoms with Gasteiger partial charge in [0.05, 0.1) is 12.2 Å². The minimum atomic E-state index is 0.485. The second-order valence-electron chi connectivity index (χ2n) is 3.01.